The fourth-order valence-electron chi connectivity index (χ4n) is 6.79. The van der Waals surface area contributed by atoms with Crippen molar-refractivity contribution < 1.29 is 0 Å². The van der Waals surface area contributed by atoms with E-state index in [0.29, 0.717) is 0 Å². The molecule has 0 saturated carbocycles. The third kappa shape index (κ3) is 4.67. The van der Waals surface area contributed by atoms with Crippen LogP contribution in [0, 0.1) is 0 Å². The maximum absolute atomic E-state index is 4.40. The van der Waals surface area contributed by atoms with Gasteiger partial charge in [0, 0.05) is 32.9 Å². The lowest BCUT2D eigenvalue weighted by molar-refractivity contribution is 1.18. The van der Waals surface area contributed by atoms with Crippen molar-refractivity contribution in [1.82, 2.24) is 9.13 Å². The van der Waals surface area contributed by atoms with Gasteiger partial charge in [0.1, 0.15) is 0 Å². The summed E-state index contributed by atoms with van der Waals surface area (Å²) in [6.07, 6.45) is 9.43. The summed E-state index contributed by atoms with van der Waals surface area (Å²) in [6, 6.07) is 50.5. The zero-order valence-corrected chi connectivity index (χ0v) is 25.9. The zero-order chi connectivity index (χ0) is 31.0. The predicted molar refractivity (Wildman–Crippen MR) is 198 cm³/mol. The highest BCUT2D eigenvalue weighted by molar-refractivity contribution is 6.13. The number of hydrogen-bond donors (Lipinski definition) is 0. The average Bonchev–Trinajstić information content (AvgIpc) is 3.62. The van der Waals surface area contributed by atoms with Crippen LogP contribution < -0.4 is 0 Å². The van der Waals surface area contributed by atoms with Crippen molar-refractivity contribution in [2.75, 3.05) is 0 Å². The smallest absolute Gasteiger partial charge is 0.0541 e. The first-order chi connectivity index (χ1) is 22.7. The standard InChI is InChI=1S/C44H34N2/c1-3-4-5-8-15-31(2)32-22-25-43-39(28-32)40-30-34(24-27-44(40)46(43)36-18-11-7-12-19-36)33-23-26-42-38(29-33)37-20-13-14-21-41(37)45(42)35-16-9-6-10-17-35/h3-4,6-30H,2,5H2,1H3/b4-3-,15-8+. The molecule has 0 atom stereocenters. The molecule has 6 aromatic carbocycles. The van der Waals surface area contributed by atoms with E-state index in [2.05, 4.69) is 186 Å². The normalized spacial score (nSPS) is 12.0. The lowest BCUT2D eigenvalue weighted by Crippen LogP contribution is -1.93. The quantitative estimate of drug-likeness (QED) is 0.129. The lowest BCUT2D eigenvalue weighted by atomic mass is 9.99. The van der Waals surface area contributed by atoms with Crippen LogP contribution in [0.5, 0.6) is 0 Å². The maximum atomic E-state index is 4.40. The van der Waals surface area contributed by atoms with Crippen LogP contribution in [0.4, 0.5) is 0 Å². The molecule has 0 amide bonds. The molecular formula is C44H34N2. The molecule has 0 aliphatic heterocycles. The predicted octanol–water partition coefficient (Wildman–Crippen LogP) is 12.1. The molecule has 2 heterocycles. The minimum absolute atomic E-state index is 0.906. The fourth-order valence-corrected chi connectivity index (χ4v) is 6.79. The minimum atomic E-state index is 0.906. The van der Waals surface area contributed by atoms with Gasteiger partial charge in [0.05, 0.1) is 22.1 Å². The second-order valence-corrected chi connectivity index (χ2v) is 11.8. The second kappa shape index (κ2) is 11.6. The molecule has 2 nitrogen and oxygen atoms in total. The summed E-state index contributed by atoms with van der Waals surface area (Å²) < 4.78 is 4.74. The Morgan fingerprint density at radius 3 is 1.63 bits per heavy atom. The summed E-state index contributed by atoms with van der Waals surface area (Å²) in [4.78, 5) is 0. The number of rotatable bonds is 7. The van der Waals surface area contributed by atoms with Crippen LogP contribution in [-0.2, 0) is 0 Å². The third-order valence-electron chi connectivity index (χ3n) is 9.00. The zero-order valence-electron chi connectivity index (χ0n) is 25.9. The summed E-state index contributed by atoms with van der Waals surface area (Å²) >= 11 is 0. The SMILES string of the molecule is C=C(/C=C/C/C=C\C)c1ccc2c(c1)c1cc(-c3ccc4c(c3)c3ccccc3n4-c3ccccc3)ccc1n2-c1ccccc1. The van der Waals surface area contributed by atoms with E-state index in [9.17, 15) is 0 Å². The van der Waals surface area contributed by atoms with Crippen molar-refractivity contribution in [2.24, 2.45) is 0 Å². The first-order valence-corrected chi connectivity index (χ1v) is 15.9. The Morgan fingerprint density at radius 2 is 1.02 bits per heavy atom. The molecule has 0 fully saturated rings. The molecule has 0 N–H and O–H groups in total. The van der Waals surface area contributed by atoms with Crippen LogP contribution in [0.2, 0.25) is 0 Å². The molecule has 8 rings (SSSR count). The number of benzene rings is 6. The molecule has 8 aromatic rings. The molecule has 0 aliphatic carbocycles. The van der Waals surface area contributed by atoms with Crippen molar-refractivity contribution in [3.05, 3.63) is 176 Å². The molecular weight excluding hydrogens is 556 g/mol. The van der Waals surface area contributed by atoms with E-state index in [4.69, 9.17) is 0 Å². The monoisotopic (exact) mass is 590 g/mol. The van der Waals surface area contributed by atoms with Crippen molar-refractivity contribution in [1.29, 1.82) is 0 Å². The average molecular weight is 591 g/mol. The summed E-state index contributed by atoms with van der Waals surface area (Å²) in [5.74, 6) is 0. The molecule has 2 heteroatoms. The first-order valence-electron chi connectivity index (χ1n) is 15.9. The van der Waals surface area contributed by atoms with Gasteiger partial charge in [0.2, 0.25) is 0 Å². The van der Waals surface area contributed by atoms with Crippen molar-refractivity contribution in [2.45, 2.75) is 13.3 Å². The molecule has 0 unspecified atom stereocenters. The van der Waals surface area contributed by atoms with Gasteiger partial charge in [-0.15, -0.1) is 0 Å². The van der Waals surface area contributed by atoms with Gasteiger partial charge in [0.25, 0.3) is 0 Å². The molecule has 46 heavy (non-hydrogen) atoms. The van der Waals surface area contributed by atoms with Gasteiger partial charge < -0.3 is 9.13 Å². The highest BCUT2D eigenvalue weighted by Gasteiger charge is 2.16. The number of aromatic nitrogens is 2. The van der Waals surface area contributed by atoms with Crippen LogP contribution in [-0.4, -0.2) is 9.13 Å². The number of allylic oxidation sites excluding steroid dienone is 5. The number of fused-ring (bicyclic) bond motifs is 6. The Balaban J connectivity index is 1.31. The van der Waals surface area contributed by atoms with E-state index in [0.717, 1.165) is 23.2 Å². The van der Waals surface area contributed by atoms with E-state index in [1.54, 1.807) is 0 Å². The van der Waals surface area contributed by atoms with E-state index in [1.165, 1.54) is 60.4 Å². The molecule has 0 saturated heterocycles. The molecule has 0 spiro atoms. The van der Waals surface area contributed by atoms with Gasteiger partial charge in [-0.2, -0.15) is 0 Å². The fraction of sp³-hybridized carbons (Fsp3) is 0.0455. The van der Waals surface area contributed by atoms with Gasteiger partial charge in [-0.3, -0.25) is 0 Å². The Bertz CT molecular complexity index is 2450. The minimum Gasteiger partial charge on any atom is -0.309 e. The first kappa shape index (κ1) is 27.7. The Labute approximate surface area is 269 Å². The van der Waals surface area contributed by atoms with Crippen LogP contribution >= 0.6 is 0 Å². The number of hydrogen-bond acceptors (Lipinski definition) is 0. The van der Waals surface area contributed by atoms with Crippen molar-refractivity contribution in [3.8, 4) is 22.5 Å². The summed E-state index contributed by atoms with van der Waals surface area (Å²) in [5, 5.41) is 4.97. The maximum Gasteiger partial charge on any atom is 0.0541 e. The van der Waals surface area contributed by atoms with Gasteiger partial charge in [-0.05, 0) is 102 Å². The van der Waals surface area contributed by atoms with E-state index < -0.39 is 0 Å². The topological polar surface area (TPSA) is 9.86 Å². The third-order valence-corrected chi connectivity index (χ3v) is 9.00. The lowest BCUT2D eigenvalue weighted by Gasteiger charge is -2.09. The molecule has 0 aliphatic rings. The largest absolute Gasteiger partial charge is 0.309 e. The van der Waals surface area contributed by atoms with Gasteiger partial charge in [0.15, 0.2) is 0 Å². The molecule has 220 valence electrons. The van der Waals surface area contributed by atoms with Crippen LogP contribution in [0.15, 0.2) is 170 Å². The van der Waals surface area contributed by atoms with Crippen molar-refractivity contribution >= 4 is 49.2 Å². The number of para-hydroxylation sites is 3. The van der Waals surface area contributed by atoms with E-state index in [1.807, 2.05) is 0 Å². The highest BCUT2D eigenvalue weighted by Crippen LogP contribution is 2.39. The molecule has 0 bridgehead atoms. The van der Waals surface area contributed by atoms with Crippen molar-refractivity contribution in [3.63, 3.8) is 0 Å². The molecule has 2 aromatic heterocycles. The van der Waals surface area contributed by atoms with Crippen LogP contribution in [0.25, 0.3) is 71.7 Å². The summed E-state index contributed by atoms with van der Waals surface area (Å²) in [7, 11) is 0. The molecule has 0 radical (unpaired) electrons. The Hall–Kier alpha value is -5.86. The summed E-state index contributed by atoms with van der Waals surface area (Å²) in [5.41, 5.74) is 11.7. The Kier molecular flexibility index (Phi) is 6.96. The van der Waals surface area contributed by atoms with E-state index >= 15 is 0 Å². The summed E-state index contributed by atoms with van der Waals surface area (Å²) in [6.45, 7) is 6.45. The van der Waals surface area contributed by atoms with E-state index in [-0.39, 0.29) is 0 Å². The van der Waals surface area contributed by atoms with Crippen LogP contribution in [0.1, 0.15) is 18.9 Å². The van der Waals surface area contributed by atoms with Gasteiger partial charge >= 0.3 is 0 Å². The number of nitrogens with zero attached hydrogens (tertiary/aromatic N) is 2. The van der Waals surface area contributed by atoms with Gasteiger partial charge in [-0.25, -0.2) is 0 Å². The van der Waals surface area contributed by atoms with Gasteiger partial charge in [-0.1, -0.05) is 104 Å². The Morgan fingerprint density at radius 1 is 0.522 bits per heavy atom. The second-order valence-electron chi connectivity index (χ2n) is 11.8. The van der Waals surface area contributed by atoms with Crippen LogP contribution in [0.3, 0.4) is 0 Å². The highest BCUT2D eigenvalue weighted by atomic mass is 15.0.